The number of benzene rings is 1. The predicted octanol–water partition coefficient (Wildman–Crippen LogP) is 3.65. The summed E-state index contributed by atoms with van der Waals surface area (Å²) in [5, 5.41) is 15.1. The van der Waals surface area contributed by atoms with E-state index in [-0.39, 0.29) is 48.8 Å². The Morgan fingerprint density at radius 3 is 2.49 bits per heavy atom. The maximum atomic E-state index is 14.0. The van der Waals surface area contributed by atoms with Gasteiger partial charge in [0.15, 0.2) is 0 Å². The number of nitrogens with zero attached hydrogens (tertiary/aromatic N) is 1. The SMILES string of the molecule is Cc1ccc(C(=O)NC2CCCC(NC(=O)c3cc(F)cnc3OC3CCSCC3)C2)c(OCCO)c1. The molecular weight excluding hydrogens is 497 g/mol. The van der Waals surface area contributed by atoms with Crippen molar-refractivity contribution in [3.05, 3.63) is 53.0 Å². The van der Waals surface area contributed by atoms with Crippen molar-refractivity contribution in [1.82, 2.24) is 15.6 Å². The summed E-state index contributed by atoms with van der Waals surface area (Å²) in [4.78, 5) is 30.2. The van der Waals surface area contributed by atoms with Gasteiger partial charge in [-0.3, -0.25) is 9.59 Å². The molecule has 2 unspecified atom stereocenters. The standard InChI is InChI=1S/C27H34FN3O5S/c1-17-5-6-22(24(13-17)35-10-9-32)25(33)30-19-3-2-4-20(15-19)31-26(34)23-14-18(28)16-29-27(23)36-21-7-11-37-12-8-21/h5-6,13-14,16,19-21,32H,2-4,7-12,15H2,1H3,(H,30,33)(H,31,34). The molecule has 8 nitrogen and oxygen atoms in total. The summed E-state index contributed by atoms with van der Waals surface area (Å²) in [6, 6.07) is 6.17. The van der Waals surface area contributed by atoms with E-state index in [2.05, 4.69) is 15.6 Å². The number of aliphatic hydroxyl groups is 1. The molecule has 0 spiro atoms. The molecule has 2 aromatic rings. The Morgan fingerprint density at radius 1 is 1.08 bits per heavy atom. The zero-order valence-electron chi connectivity index (χ0n) is 21.0. The summed E-state index contributed by atoms with van der Waals surface area (Å²) in [7, 11) is 0. The van der Waals surface area contributed by atoms with Gasteiger partial charge in [0, 0.05) is 12.1 Å². The summed E-state index contributed by atoms with van der Waals surface area (Å²) in [5.74, 6) is 1.27. The smallest absolute Gasteiger partial charge is 0.257 e. The second-order valence-corrected chi connectivity index (χ2v) is 10.7. The monoisotopic (exact) mass is 531 g/mol. The molecule has 4 rings (SSSR count). The number of amides is 2. The van der Waals surface area contributed by atoms with Crippen LogP contribution in [0.25, 0.3) is 0 Å². The van der Waals surface area contributed by atoms with Gasteiger partial charge in [-0.2, -0.15) is 11.8 Å². The van der Waals surface area contributed by atoms with Crippen molar-refractivity contribution in [2.45, 2.75) is 63.6 Å². The molecule has 2 atom stereocenters. The minimum atomic E-state index is -0.595. The van der Waals surface area contributed by atoms with Crippen molar-refractivity contribution in [2.24, 2.45) is 0 Å². The number of aliphatic hydroxyl groups excluding tert-OH is 1. The molecule has 0 radical (unpaired) electrons. The molecule has 1 aromatic heterocycles. The number of hydrogen-bond acceptors (Lipinski definition) is 7. The normalized spacial score (nSPS) is 20.2. The molecule has 2 fully saturated rings. The zero-order chi connectivity index (χ0) is 26.2. The molecule has 3 N–H and O–H groups in total. The molecule has 1 saturated heterocycles. The molecule has 10 heteroatoms. The van der Waals surface area contributed by atoms with Crippen LogP contribution in [0.3, 0.4) is 0 Å². The van der Waals surface area contributed by atoms with Crippen molar-refractivity contribution in [1.29, 1.82) is 0 Å². The van der Waals surface area contributed by atoms with Crippen LogP contribution in [-0.2, 0) is 0 Å². The topological polar surface area (TPSA) is 110 Å². The number of nitrogens with one attached hydrogen (secondary N) is 2. The lowest BCUT2D eigenvalue weighted by atomic mass is 9.90. The molecule has 2 amide bonds. The van der Waals surface area contributed by atoms with Crippen LogP contribution < -0.4 is 20.1 Å². The van der Waals surface area contributed by atoms with Crippen LogP contribution in [0.4, 0.5) is 4.39 Å². The third kappa shape index (κ3) is 7.58. The second kappa shape index (κ2) is 13.1. The molecule has 2 heterocycles. The van der Waals surface area contributed by atoms with E-state index in [0.717, 1.165) is 55.4 Å². The number of hydrogen-bond donors (Lipinski definition) is 3. The highest BCUT2D eigenvalue weighted by Gasteiger charge is 2.28. The van der Waals surface area contributed by atoms with Crippen LogP contribution in [0.5, 0.6) is 11.6 Å². The van der Waals surface area contributed by atoms with E-state index in [1.54, 1.807) is 12.1 Å². The van der Waals surface area contributed by atoms with Crippen molar-refractivity contribution in [2.75, 3.05) is 24.7 Å². The largest absolute Gasteiger partial charge is 0.490 e. The number of carbonyl (C=O) groups is 2. The van der Waals surface area contributed by atoms with Gasteiger partial charge in [-0.15, -0.1) is 0 Å². The van der Waals surface area contributed by atoms with Crippen LogP contribution in [0, 0.1) is 12.7 Å². The van der Waals surface area contributed by atoms with E-state index in [0.29, 0.717) is 17.7 Å². The quantitative estimate of drug-likeness (QED) is 0.453. The molecule has 1 saturated carbocycles. The first-order valence-corrected chi connectivity index (χ1v) is 13.9. The molecule has 1 aliphatic carbocycles. The fourth-order valence-electron chi connectivity index (χ4n) is 4.71. The van der Waals surface area contributed by atoms with E-state index in [1.165, 1.54) is 6.07 Å². The third-order valence-corrected chi connectivity index (χ3v) is 7.63. The number of halogens is 1. The number of aryl methyl sites for hydroxylation is 1. The lowest BCUT2D eigenvalue weighted by Crippen LogP contribution is -2.46. The number of carbonyl (C=O) groups excluding carboxylic acids is 2. The second-order valence-electron chi connectivity index (χ2n) is 9.51. The van der Waals surface area contributed by atoms with Gasteiger partial charge < -0.3 is 25.2 Å². The van der Waals surface area contributed by atoms with Crippen LogP contribution in [0.15, 0.2) is 30.5 Å². The van der Waals surface area contributed by atoms with Crippen molar-refractivity contribution in [3.63, 3.8) is 0 Å². The minimum absolute atomic E-state index is 0.0342. The zero-order valence-corrected chi connectivity index (χ0v) is 21.8. The van der Waals surface area contributed by atoms with Crippen molar-refractivity contribution in [3.8, 4) is 11.6 Å². The Balaban J connectivity index is 1.38. The average molecular weight is 532 g/mol. The Bertz CT molecular complexity index is 1100. The number of rotatable bonds is 9. The van der Waals surface area contributed by atoms with E-state index in [1.807, 2.05) is 24.8 Å². The molecule has 0 bridgehead atoms. The Kier molecular flexibility index (Phi) is 9.62. The Hall–Kier alpha value is -2.85. The number of pyridine rings is 1. The van der Waals surface area contributed by atoms with Crippen LogP contribution in [0.2, 0.25) is 0 Å². The van der Waals surface area contributed by atoms with Gasteiger partial charge in [-0.25, -0.2) is 9.37 Å². The van der Waals surface area contributed by atoms with Crippen molar-refractivity contribution < 1.29 is 28.6 Å². The maximum Gasteiger partial charge on any atom is 0.257 e. The first-order valence-electron chi connectivity index (χ1n) is 12.8. The first-order chi connectivity index (χ1) is 17.9. The van der Waals surface area contributed by atoms with E-state index >= 15 is 0 Å². The summed E-state index contributed by atoms with van der Waals surface area (Å²) in [6.45, 7) is 1.86. The van der Waals surface area contributed by atoms with E-state index < -0.39 is 11.7 Å². The molecule has 37 heavy (non-hydrogen) atoms. The average Bonchev–Trinajstić information content (AvgIpc) is 2.89. The van der Waals surface area contributed by atoms with E-state index in [9.17, 15) is 14.0 Å². The number of ether oxygens (including phenoxy) is 2. The Labute approximate surface area is 220 Å². The van der Waals surface area contributed by atoms with Crippen LogP contribution in [0.1, 0.15) is 64.8 Å². The van der Waals surface area contributed by atoms with Gasteiger partial charge in [0.1, 0.15) is 29.8 Å². The molecule has 1 aromatic carbocycles. The lowest BCUT2D eigenvalue weighted by molar-refractivity contribution is 0.0895. The number of thioether (sulfide) groups is 1. The number of aromatic nitrogens is 1. The Morgan fingerprint density at radius 2 is 1.78 bits per heavy atom. The van der Waals surface area contributed by atoms with Gasteiger partial charge in [-0.1, -0.05) is 6.07 Å². The highest BCUT2D eigenvalue weighted by molar-refractivity contribution is 7.99. The summed E-state index contributed by atoms with van der Waals surface area (Å²) in [5.41, 5.74) is 1.44. The molecular formula is C27H34FN3O5S. The summed E-state index contributed by atoms with van der Waals surface area (Å²) in [6.07, 6.45) is 5.67. The van der Waals surface area contributed by atoms with Gasteiger partial charge >= 0.3 is 0 Å². The lowest BCUT2D eigenvalue weighted by Gasteiger charge is -2.30. The molecule has 1 aliphatic heterocycles. The van der Waals surface area contributed by atoms with Gasteiger partial charge in [0.05, 0.1) is 18.4 Å². The van der Waals surface area contributed by atoms with Crippen LogP contribution in [-0.4, -0.2) is 64.8 Å². The molecule has 200 valence electrons. The van der Waals surface area contributed by atoms with Gasteiger partial charge in [-0.05, 0) is 80.7 Å². The highest BCUT2D eigenvalue weighted by atomic mass is 32.2. The highest BCUT2D eigenvalue weighted by Crippen LogP contribution is 2.26. The van der Waals surface area contributed by atoms with Gasteiger partial charge in [0.2, 0.25) is 5.88 Å². The van der Waals surface area contributed by atoms with Gasteiger partial charge in [0.25, 0.3) is 11.8 Å². The molecule has 2 aliphatic rings. The minimum Gasteiger partial charge on any atom is -0.490 e. The fraction of sp³-hybridized carbons (Fsp3) is 0.519. The summed E-state index contributed by atoms with van der Waals surface area (Å²) >= 11 is 1.87. The third-order valence-electron chi connectivity index (χ3n) is 6.58. The predicted molar refractivity (Wildman–Crippen MR) is 140 cm³/mol. The summed E-state index contributed by atoms with van der Waals surface area (Å²) < 4.78 is 25.5. The van der Waals surface area contributed by atoms with Crippen molar-refractivity contribution >= 4 is 23.6 Å². The fourth-order valence-corrected chi connectivity index (χ4v) is 5.77. The maximum absolute atomic E-state index is 14.0. The first kappa shape index (κ1) is 27.2. The van der Waals surface area contributed by atoms with E-state index in [4.69, 9.17) is 14.6 Å². The van der Waals surface area contributed by atoms with Crippen LogP contribution >= 0.6 is 11.8 Å².